The number of aryl methyl sites for hydroxylation is 1. The van der Waals surface area contributed by atoms with Crippen molar-refractivity contribution in [2.24, 2.45) is 0 Å². The van der Waals surface area contributed by atoms with Crippen LogP contribution in [0.1, 0.15) is 31.2 Å². The zero-order chi connectivity index (χ0) is 16.8. The molecule has 2 aromatic rings. The first-order valence-corrected chi connectivity index (χ1v) is 8.47. The number of hydrogen-bond donors (Lipinski definition) is 1. The van der Waals surface area contributed by atoms with Crippen LogP contribution in [0.15, 0.2) is 43.0 Å². The Kier molecular flexibility index (Phi) is 5.46. The van der Waals surface area contributed by atoms with Gasteiger partial charge in [0, 0.05) is 37.1 Å². The van der Waals surface area contributed by atoms with Crippen molar-refractivity contribution < 1.29 is 9.18 Å². The van der Waals surface area contributed by atoms with Crippen molar-refractivity contribution in [3.8, 4) is 0 Å². The number of aromatic nitrogens is 2. The summed E-state index contributed by atoms with van der Waals surface area (Å²) in [6.45, 7) is 1.86. The average molecular weight is 330 g/mol. The minimum atomic E-state index is -0.253. The molecule has 1 aromatic heterocycles. The van der Waals surface area contributed by atoms with E-state index in [0.717, 1.165) is 32.2 Å². The number of rotatable bonds is 8. The van der Waals surface area contributed by atoms with Crippen molar-refractivity contribution in [3.63, 3.8) is 0 Å². The summed E-state index contributed by atoms with van der Waals surface area (Å²) in [5.41, 5.74) is 0.569. The summed E-state index contributed by atoms with van der Waals surface area (Å²) in [6, 6.07) is 6.80. The zero-order valence-corrected chi connectivity index (χ0v) is 13.7. The van der Waals surface area contributed by atoms with Gasteiger partial charge in [0.2, 0.25) is 0 Å². The maximum absolute atomic E-state index is 13.8. The fourth-order valence-electron chi connectivity index (χ4n) is 2.70. The summed E-state index contributed by atoms with van der Waals surface area (Å²) >= 11 is 0. The number of nitrogens with zero attached hydrogens (tertiary/aromatic N) is 3. The van der Waals surface area contributed by atoms with E-state index in [0.29, 0.717) is 18.7 Å². The Morgan fingerprint density at radius 3 is 2.88 bits per heavy atom. The molecule has 1 fully saturated rings. The lowest BCUT2D eigenvalue weighted by atomic mass is 10.2. The number of amides is 2. The second-order valence-electron chi connectivity index (χ2n) is 6.19. The molecule has 1 aliphatic carbocycles. The first-order valence-electron chi connectivity index (χ1n) is 8.47. The maximum atomic E-state index is 13.8. The van der Waals surface area contributed by atoms with E-state index in [9.17, 15) is 9.18 Å². The van der Waals surface area contributed by atoms with Crippen LogP contribution in [0.4, 0.5) is 9.18 Å². The predicted molar refractivity (Wildman–Crippen MR) is 89.8 cm³/mol. The van der Waals surface area contributed by atoms with Gasteiger partial charge >= 0.3 is 6.03 Å². The molecule has 2 amide bonds. The number of unbranched alkanes of at least 4 members (excludes halogenated alkanes) is 1. The SMILES string of the molecule is O=C(NCCCCn1ccnc1)N(Cc1ccccc1F)C1CC1. The Morgan fingerprint density at radius 2 is 2.17 bits per heavy atom. The number of urea groups is 1. The van der Waals surface area contributed by atoms with Crippen LogP contribution in [0.2, 0.25) is 0 Å². The molecule has 0 radical (unpaired) electrons. The molecule has 5 nitrogen and oxygen atoms in total. The molecule has 0 bridgehead atoms. The van der Waals surface area contributed by atoms with Gasteiger partial charge in [0.05, 0.1) is 12.9 Å². The molecule has 0 spiro atoms. The van der Waals surface area contributed by atoms with E-state index in [1.54, 1.807) is 35.6 Å². The van der Waals surface area contributed by atoms with Crippen molar-refractivity contribution in [1.82, 2.24) is 19.8 Å². The van der Waals surface area contributed by atoms with Crippen LogP contribution in [0.25, 0.3) is 0 Å². The van der Waals surface area contributed by atoms with Crippen LogP contribution in [0.3, 0.4) is 0 Å². The molecule has 1 heterocycles. The second kappa shape index (κ2) is 7.95. The van der Waals surface area contributed by atoms with Crippen LogP contribution < -0.4 is 5.32 Å². The molecule has 128 valence electrons. The van der Waals surface area contributed by atoms with E-state index in [1.807, 2.05) is 10.8 Å². The number of hydrogen-bond acceptors (Lipinski definition) is 2. The standard InChI is InChI=1S/C18H23FN4O/c19-17-6-2-1-5-15(17)13-23(16-7-8-16)18(24)21-9-3-4-11-22-12-10-20-14-22/h1-2,5-6,10,12,14,16H,3-4,7-9,11,13H2,(H,21,24). The third-order valence-corrected chi connectivity index (χ3v) is 4.23. The minimum absolute atomic E-state index is 0.0941. The van der Waals surface area contributed by atoms with Gasteiger partial charge in [-0.3, -0.25) is 0 Å². The van der Waals surface area contributed by atoms with Crippen LogP contribution >= 0.6 is 0 Å². The number of halogens is 1. The van der Waals surface area contributed by atoms with Crippen LogP contribution in [0.5, 0.6) is 0 Å². The summed E-state index contributed by atoms with van der Waals surface area (Å²) in [4.78, 5) is 18.2. The van der Waals surface area contributed by atoms with Crippen molar-refractivity contribution in [2.75, 3.05) is 6.54 Å². The van der Waals surface area contributed by atoms with Crippen LogP contribution in [0, 0.1) is 5.82 Å². The highest BCUT2D eigenvalue weighted by molar-refractivity contribution is 5.74. The summed E-state index contributed by atoms with van der Waals surface area (Å²) in [6.07, 6.45) is 9.38. The Balaban J connectivity index is 1.44. The highest BCUT2D eigenvalue weighted by Gasteiger charge is 2.32. The van der Waals surface area contributed by atoms with Gasteiger partial charge in [-0.25, -0.2) is 14.2 Å². The highest BCUT2D eigenvalue weighted by Crippen LogP contribution is 2.28. The lowest BCUT2D eigenvalue weighted by Gasteiger charge is -2.23. The van der Waals surface area contributed by atoms with E-state index in [2.05, 4.69) is 10.3 Å². The number of benzene rings is 1. The molecule has 24 heavy (non-hydrogen) atoms. The van der Waals surface area contributed by atoms with Gasteiger partial charge in [0.15, 0.2) is 0 Å². The summed E-state index contributed by atoms with van der Waals surface area (Å²) < 4.78 is 15.8. The van der Waals surface area contributed by atoms with E-state index in [1.165, 1.54) is 6.07 Å². The highest BCUT2D eigenvalue weighted by atomic mass is 19.1. The third kappa shape index (κ3) is 4.57. The lowest BCUT2D eigenvalue weighted by molar-refractivity contribution is 0.191. The second-order valence-corrected chi connectivity index (χ2v) is 6.19. The number of imidazole rings is 1. The third-order valence-electron chi connectivity index (χ3n) is 4.23. The monoisotopic (exact) mass is 330 g/mol. The van der Waals surface area contributed by atoms with Gasteiger partial charge in [-0.05, 0) is 31.7 Å². The molecule has 1 aliphatic rings. The van der Waals surface area contributed by atoms with Gasteiger partial charge < -0.3 is 14.8 Å². The fourth-order valence-corrected chi connectivity index (χ4v) is 2.70. The smallest absolute Gasteiger partial charge is 0.317 e. The molecular formula is C18H23FN4O. The Morgan fingerprint density at radius 1 is 1.33 bits per heavy atom. The quantitative estimate of drug-likeness (QED) is 0.756. The lowest BCUT2D eigenvalue weighted by Crippen LogP contribution is -2.41. The molecule has 1 N–H and O–H groups in total. The molecule has 0 aliphatic heterocycles. The fraction of sp³-hybridized carbons (Fsp3) is 0.444. The average Bonchev–Trinajstić information content (AvgIpc) is 3.29. The molecule has 1 aromatic carbocycles. The van der Waals surface area contributed by atoms with E-state index < -0.39 is 0 Å². The van der Waals surface area contributed by atoms with Gasteiger partial charge in [-0.15, -0.1) is 0 Å². The molecular weight excluding hydrogens is 307 g/mol. The number of carbonyl (C=O) groups excluding carboxylic acids is 1. The Bertz CT molecular complexity index is 655. The first-order chi connectivity index (χ1) is 11.7. The number of carbonyl (C=O) groups is 1. The molecule has 0 unspecified atom stereocenters. The predicted octanol–water partition coefficient (Wildman–Crippen LogP) is 3.18. The first kappa shape index (κ1) is 16.5. The largest absolute Gasteiger partial charge is 0.338 e. The maximum Gasteiger partial charge on any atom is 0.317 e. The number of nitrogens with one attached hydrogen (secondary N) is 1. The van der Waals surface area contributed by atoms with Gasteiger partial charge in [-0.2, -0.15) is 0 Å². The molecule has 1 saturated carbocycles. The van der Waals surface area contributed by atoms with E-state index >= 15 is 0 Å². The van der Waals surface area contributed by atoms with Gasteiger partial charge in [-0.1, -0.05) is 18.2 Å². The minimum Gasteiger partial charge on any atom is -0.338 e. The summed E-state index contributed by atoms with van der Waals surface area (Å²) in [5.74, 6) is -0.253. The molecule has 6 heteroatoms. The van der Waals surface area contributed by atoms with Crippen molar-refractivity contribution in [3.05, 3.63) is 54.4 Å². The van der Waals surface area contributed by atoms with Crippen molar-refractivity contribution >= 4 is 6.03 Å². The van der Waals surface area contributed by atoms with Crippen LogP contribution in [-0.4, -0.2) is 33.1 Å². The topological polar surface area (TPSA) is 50.2 Å². The Hall–Kier alpha value is -2.37. The molecule has 0 atom stereocenters. The van der Waals surface area contributed by atoms with Crippen LogP contribution in [-0.2, 0) is 13.1 Å². The van der Waals surface area contributed by atoms with Crippen molar-refractivity contribution in [1.29, 1.82) is 0 Å². The summed E-state index contributed by atoms with van der Waals surface area (Å²) in [7, 11) is 0. The van der Waals surface area contributed by atoms with Gasteiger partial charge in [0.25, 0.3) is 0 Å². The van der Waals surface area contributed by atoms with E-state index in [4.69, 9.17) is 0 Å². The zero-order valence-electron chi connectivity index (χ0n) is 13.7. The van der Waals surface area contributed by atoms with Gasteiger partial charge in [0.1, 0.15) is 5.82 Å². The van der Waals surface area contributed by atoms with E-state index in [-0.39, 0.29) is 17.9 Å². The normalized spacial score (nSPS) is 13.7. The molecule has 3 rings (SSSR count). The van der Waals surface area contributed by atoms with Crippen molar-refractivity contribution in [2.45, 2.75) is 44.8 Å². The summed E-state index contributed by atoms with van der Waals surface area (Å²) in [5, 5.41) is 2.96. The molecule has 0 saturated heterocycles. The Labute approximate surface area is 141 Å².